The lowest BCUT2D eigenvalue weighted by Crippen LogP contribution is -2.16. The zero-order valence-electron chi connectivity index (χ0n) is 11.5. The van der Waals surface area contributed by atoms with E-state index in [0.29, 0.717) is 6.54 Å². The van der Waals surface area contributed by atoms with Crippen LogP contribution in [0.25, 0.3) is 0 Å². The van der Waals surface area contributed by atoms with Crippen molar-refractivity contribution >= 4 is 5.84 Å². The molecule has 0 aliphatic heterocycles. The third-order valence-corrected chi connectivity index (χ3v) is 3.27. The van der Waals surface area contributed by atoms with Crippen LogP contribution in [0.4, 0.5) is 0 Å². The Hall–Kier alpha value is -2.10. The first-order chi connectivity index (χ1) is 9.15. The lowest BCUT2D eigenvalue weighted by molar-refractivity contribution is 0.640. The van der Waals surface area contributed by atoms with Crippen molar-refractivity contribution in [2.45, 2.75) is 33.2 Å². The highest BCUT2D eigenvalue weighted by Crippen LogP contribution is 2.13. The molecule has 4 heteroatoms. The van der Waals surface area contributed by atoms with Gasteiger partial charge in [-0.05, 0) is 24.5 Å². The van der Waals surface area contributed by atoms with E-state index in [0.717, 1.165) is 29.7 Å². The zero-order chi connectivity index (χ0) is 13.8. The molecule has 0 aliphatic carbocycles. The van der Waals surface area contributed by atoms with Gasteiger partial charge in [0.25, 0.3) is 0 Å². The van der Waals surface area contributed by atoms with E-state index < -0.39 is 0 Å². The molecule has 4 nitrogen and oxygen atoms in total. The fraction of sp³-hybridized carbons (Fsp3) is 0.333. The number of amidine groups is 1. The van der Waals surface area contributed by atoms with Gasteiger partial charge in [0.15, 0.2) is 0 Å². The van der Waals surface area contributed by atoms with Gasteiger partial charge in [-0.2, -0.15) is 5.10 Å². The van der Waals surface area contributed by atoms with Crippen LogP contribution in [-0.2, 0) is 19.4 Å². The summed E-state index contributed by atoms with van der Waals surface area (Å²) >= 11 is 0. The molecule has 0 fully saturated rings. The number of hydrogen-bond acceptors (Lipinski definition) is 2. The fourth-order valence-electron chi connectivity index (χ4n) is 2.19. The molecule has 0 spiro atoms. The Morgan fingerprint density at radius 2 is 2.00 bits per heavy atom. The number of aromatic nitrogens is 2. The highest BCUT2D eigenvalue weighted by atomic mass is 15.3. The third-order valence-electron chi connectivity index (χ3n) is 3.27. The summed E-state index contributed by atoms with van der Waals surface area (Å²) in [6, 6.07) is 9.91. The van der Waals surface area contributed by atoms with Crippen molar-refractivity contribution in [3.05, 3.63) is 52.8 Å². The van der Waals surface area contributed by atoms with Crippen LogP contribution in [0, 0.1) is 5.41 Å². The van der Waals surface area contributed by atoms with E-state index in [1.54, 1.807) is 0 Å². The summed E-state index contributed by atoms with van der Waals surface area (Å²) in [5.41, 5.74) is 9.78. The summed E-state index contributed by atoms with van der Waals surface area (Å²) in [7, 11) is 0. The molecule has 1 aromatic heterocycles. The van der Waals surface area contributed by atoms with E-state index in [1.165, 1.54) is 5.69 Å². The molecule has 19 heavy (non-hydrogen) atoms. The molecule has 2 aromatic rings. The van der Waals surface area contributed by atoms with E-state index >= 15 is 0 Å². The fourth-order valence-corrected chi connectivity index (χ4v) is 2.19. The highest BCUT2D eigenvalue weighted by Gasteiger charge is 2.09. The van der Waals surface area contributed by atoms with E-state index in [2.05, 4.69) is 25.0 Å². The van der Waals surface area contributed by atoms with Gasteiger partial charge in [-0.15, -0.1) is 0 Å². The first kappa shape index (κ1) is 13.3. The van der Waals surface area contributed by atoms with Crippen LogP contribution in [0.15, 0.2) is 30.3 Å². The molecule has 0 unspecified atom stereocenters. The molecule has 0 aliphatic rings. The first-order valence-electron chi connectivity index (χ1n) is 6.63. The number of nitrogen functional groups attached to an aromatic ring is 1. The second-order valence-electron chi connectivity index (χ2n) is 4.56. The smallest absolute Gasteiger partial charge is 0.123 e. The van der Waals surface area contributed by atoms with Crippen LogP contribution in [0.5, 0.6) is 0 Å². The number of nitrogens with one attached hydrogen (secondary N) is 1. The predicted octanol–water partition coefficient (Wildman–Crippen LogP) is 2.34. The molecule has 1 heterocycles. The lowest BCUT2D eigenvalue weighted by Gasteiger charge is -2.10. The molecule has 0 radical (unpaired) electrons. The summed E-state index contributed by atoms with van der Waals surface area (Å²) in [6.07, 6.45) is 1.89. The maximum atomic E-state index is 7.63. The number of benzene rings is 1. The van der Waals surface area contributed by atoms with Gasteiger partial charge in [-0.25, -0.2) is 0 Å². The average molecular weight is 256 g/mol. The molecule has 2 rings (SSSR count). The van der Waals surface area contributed by atoms with E-state index in [4.69, 9.17) is 11.1 Å². The summed E-state index contributed by atoms with van der Waals surface area (Å²) in [4.78, 5) is 0. The number of hydrogen-bond donors (Lipinski definition) is 2. The highest BCUT2D eigenvalue weighted by molar-refractivity contribution is 5.96. The lowest BCUT2D eigenvalue weighted by atomic mass is 10.1. The van der Waals surface area contributed by atoms with Crippen LogP contribution in [-0.4, -0.2) is 15.6 Å². The summed E-state index contributed by atoms with van der Waals surface area (Å²) in [6.45, 7) is 4.90. The molecule has 0 saturated heterocycles. The van der Waals surface area contributed by atoms with Gasteiger partial charge in [0, 0.05) is 11.3 Å². The van der Waals surface area contributed by atoms with Gasteiger partial charge in [-0.1, -0.05) is 38.1 Å². The predicted molar refractivity (Wildman–Crippen MR) is 77.5 cm³/mol. The van der Waals surface area contributed by atoms with E-state index in [-0.39, 0.29) is 5.84 Å². The minimum absolute atomic E-state index is 0.108. The Labute approximate surface area is 113 Å². The van der Waals surface area contributed by atoms with Crippen molar-refractivity contribution in [2.24, 2.45) is 5.73 Å². The standard InChI is InChI=1S/C15H20N4/c1-3-12-9-13(4-2)19(18-12)10-11-7-5-6-8-14(11)15(16)17/h5-9H,3-4,10H2,1-2H3,(H3,16,17). The van der Waals surface area contributed by atoms with Gasteiger partial charge in [0.1, 0.15) is 5.84 Å². The molecular weight excluding hydrogens is 236 g/mol. The molecule has 1 aromatic carbocycles. The Morgan fingerprint density at radius 1 is 1.26 bits per heavy atom. The van der Waals surface area contributed by atoms with Crippen molar-refractivity contribution in [1.82, 2.24) is 9.78 Å². The minimum atomic E-state index is 0.108. The van der Waals surface area contributed by atoms with Crippen molar-refractivity contribution in [2.75, 3.05) is 0 Å². The molecule has 0 saturated carbocycles. The summed E-state index contributed by atoms with van der Waals surface area (Å²) < 4.78 is 2.01. The van der Waals surface area contributed by atoms with E-state index in [1.807, 2.05) is 28.9 Å². The number of nitrogens with zero attached hydrogens (tertiary/aromatic N) is 2. The maximum Gasteiger partial charge on any atom is 0.123 e. The quantitative estimate of drug-likeness (QED) is 0.637. The molecule has 100 valence electrons. The number of aryl methyl sites for hydroxylation is 2. The Kier molecular flexibility index (Phi) is 4.00. The van der Waals surface area contributed by atoms with E-state index in [9.17, 15) is 0 Å². The van der Waals surface area contributed by atoms with Crippen LogP contribution in [0.2, 0.25) is 0 Å². The molecule has 3 N–H and O–H groups in total. The van der Waals surface area contributed by atoms with Gasteiger partial charge < -0.3 is 5.73 Å². The topological polar surface area (TPSA) is 67.7 Å². The van der Waals surface area contributed by atoms with Crippen molar-refractivity contribution in [3.8, 4) is 0 Å². The molecule has 0 bridgehead atoms. The van der Waals surface area contributed by atoms with Crippen molar-refractivity contribution in [3.63, 3.8) is 0 Å². The molecule has 0 atom stereocenters. The van der Waals surface area contributed by atoms with Crippen LogP contribution in [0.3, 0.4) is 0 Å². The monoisotopic (exact) mass is 256 g/mol. The van der Waals surface area contributed by atoms with Gasteiger partial charge in [-0.3, -0.25) is 10.1 Å². The Bertz CT molecular complexity index is 584. The SMILES string of the molecule is CCc1cc(CC)n(Cc2ccccc2C(=N)N)n1. The zero-order valence-corrected chi connectivity index (χ0v) is 11.5. The second kappa shape index (κ2) is 5.69. The Balaban J connectivity index is 2.35. The maximum absolute atomic E-state index is 7.63. The van der Waals surface area contributed by atoms with Crippen LogP contribution < -0.4 is 5.73 Å². The van der Waals surface area contributed by atoms with Crippen LogP contribution >= 0.6 is 0 Å². The minimum Gasteiger partial charge on any atom is -0.384 e. The van der Waals surface area contributed by atoms with Gasteiger partial charge in [0.2, 0.25) is 0 Å². The Morgan fingerprint density at radius 3 is 2.63 bits per heavy atom. The van der Waals surface area contributed by atoms with Crippen LogP contribution in [0.1, 0.15) is 36.4 Å². The van der Waals surface area contributed by atoms with Crippen molar-refractivity contribution in [1.29, 1.82) is 5.41 Å². The number of rotatable bonds is 5. The number of nitrogens with two attached hydrogens (primary N) is 1. The summed E-state index contributed by atoms with van der Waals surface area (Å²) in [5, 5.41) is 12.2. The third kappa shape index (κ3) is 2.84. The van der Waals surface area contributed by atoms with Crippen molar-refractivity contribution < 1.29 is 0 Å². The first-order valence-corrected chi connectivity index (χ1v) is 6.63. The molecular formula is C15H20N4. The van der Waals surface area contributed by atoms with Gasteiger partial charge in [0.05, 0.1) is 12.2 Å². The second-order valence-corrected chi connectivity index (χ2v) is 4.56. The largest absolute Gasteiger partial charge is 0.384 e. The average Bonchev–Trinajstić information content (AvgIpc) is 2.81. The normalized spacial score (nSPS) is 10.6. The summed E-state index contributed by atoms with van der Waals surface area (Å²) in [5.74, 6) is 0.108. The molecule has 0 amide bonds. The van der Waals surface area contributed by atoms with Gasteiger partial charge >= 0.3 is 0 Å².